The molecule has 0 spiro atoms. The largest absolute Gasteiger partial charge is 0.340 e. The average Bonchev–Trinajstić information content (AvgIpc) is 3.35. The van der Waals surface area contributed by atoms with Crippen LogP contribution in [0.5, 0.6) is 0 Å². The van der Waals surface area contributed by atoms with Crippen molar-refractivity contribution in [2.24, 2.45) is 0 Å². The summed E-state index contributed by atoms with van der Waals surface area (Å²) in [6.45, 7) is 0.922. The number of hydrogen-bond acceptors (Lipinski definition) is 6. The molecule has 4 rings (SSSR count). The van der Waals surface area contributed by atoms with Crippen molar-refractivity contribution in [1.82, 2.24) is 13.9 Å². The molecule has 1 aliphatic heterocycles. The third-order valence-corrected chi connectivity index (χ3v) is 10.1. The number of nitrogens with one attached hydrogen (secondary N) is 1. The third-order valence-electron chi connectivity index (χ3n) is 5.34. The number of sulfonamides is 2. The fraction of sp³-hybridized carbons (Fsp3) is 0.286. The number of amides is 1. The molecule has 32 heavy (non-hydrogen) atoms. The summed E-state index contributed by atoms with van der Waals surface area (Å²) in [5.41, 5.74) is 0. The lowest BCUT2D eigenvalue weighted by Gasteiger charge is -2.34. The molecule has 1 N–H and O–H groups in total. The van der Waals surface area contributed by atoms with Crippen LogP contribution in [0, 0.1) is 0 Å². The highest BCUT2D eigenvalue weighted by atomic mass is 32.2. The van der Waals surface area contributed by atoms with Crippen LogP contribution in [-0.2, 0) is 24.8 Å². The first kappa shape index (κ1) is 22.9. The number of fused-ring (bicyclic) bond motifs is 1. The van der Waals surface area contributed by atoms with Crippen LogP contribution in [0.25, 0.3) is 10.8 Å². The number of carbonyl (C=O) groups excluding carboxylic acids is 1. The highest BCUT2D eigenvalue weighted by Gasteiger charge is 2.30. The maximum atomic E-state index is 13.0. The van der Waals surface area contributed by atoms with Crippen LogP contribution in [0.15, 0.2) is 69.1 Å². The summed E-state index contributed by atoms with van der Waals surface area (Å²) in [7, 11) is -7.27. The Morgan fingerprint density at radius 1 is 0.906 bits per heavy atom. The molecule has 2 heterocycles. The lowest BCUT2D eigenvalue weighted by Crippen LogP contribution is -2.50. The van der Waals surface area contributed by atoms with Crippen molar-refractivity contribution in [2.45, 2.75) is 15.5 Å². The number of rotatable bonds is 7. The average molecular weight is 494 g/mol. The molecule has 170 valence electrons. The van der Waals surface area contributed by atoms with Gasteiger partial charge < -0.3 is 4.90 Å². The van der Waals surface area contributed by atoms with Gasteiger partial charge in [0, 0.05) is 39.1 Å². The predicted molar refractivity (Wildman–Crippen MR) is 123 cm³/mol. The van der Waals surface area contributed by atoms with Crippen LogP contribution in [0.2, 0.25) is 0 Å². The molecule has 3 aromatic rings. The van der Waals surface area contributed by atoms with Gasteiger partial charge >= 0.3 is 0 Å². The Labute approximate surface area is 191 Å². The molecule has 1 aromatic heterocycles. The SMILES string of the molecule is O=C(CCNS(=O)(=O)c1cccs1)N1CCN(S(=O)(=O)c2ccc3ccccc3c2)CC1. The van der Waals surface area contributed by atoms with Gasteiger partial charge in [0.2, 0.25) is 26.0 Å². The van der Waals surface area contributed by atoms with E-state index in [1.807, 2.05) is 24.3 Å². The van der Waals surface area contributed by atoms with Gasteiger partial charge in [-0.3, -0.25) is 4.79 Å². The van der Waals surface area contributed by atoms with Crippen LogP contribution in [0.1, 0.15) is 6.42 Å². The van der Waals surface area contributed by atoms with Crippen LogP contribution >= 0.6 is 11.3 Å². The molecular formula is C21H23N3O5S3. The van der Waals surface area contributed by atoms with Crippen LogP contribution in [0.4, 0.5) is 0 Å². The Hall–Kier alpha value is -2.31. The Morgan fingerprint density at radius 3 is 2.31 bits per heavy atom. The predicted octanol–water partition coefficient (Wildman–Crippen LogP) is 2.10. The molecule has 0 bridgehead atoms. The molecule has 0 atom stereocenters. The quantitative estimate of drug-likeness (QED) is 0.543. The second kappa shape index (κ2) is 9.28. The first-order valence-corrected chi connectivity index (χ1v) is 13.9. The van der Waals surface area contributed by atoms with Gasteiger partial charge in [-0.25, -0.2) is 21.6 Å². The first-order valence-electron chi connectivity index (χ1n) is 10.1. The maximum Gasteiger partial charge on any atom is 0.250 e. The van der Waals surface area contributed by atoms with Crippen LogP contribution in [-0.4, -0.2) is 64.7 Å². The topological polar surface area (TPSA) is 104 Å². The van der Waals surface area contributed by atoms with Crippen molar-refractivity contribution < 1.29 is 21.6 Å². The summed E-state index contributed by atoms with van der Waals surface area (Å²) in [5.74, 6) is -0.207. The van der Waals surface area contributed by atoms with E-state index in [1.54, 1.807) is 34.5 Å². The summed E-state index contributed by atoms with van der Waals surface area (Å²) in [6.07, 6.45) is 0.0159. The van der Waals surface area contributed by atoms with Gasteiger partial charge in [-0.05, 0) is 34.4 Å². The number of nitrogens with zero attached hydrogens (tertiary/aromatic N) is 2. The molecule has 2 aromatic carbocycles. The fourth-order valence-electron chi connectivity index (χ4n) is 3.59. The number of piperazine rings is 1. The zero-order valence-electron chi connectivity index (χ0n) is 17.2. The summed E-state index contributed by atoms with van der Waals surface area (Å²) in [6, 6.07) is 15.8. The van der Waals surface area contributed by atoms with E-state index in [2.05, 4.69) is 4.72 Å². The Bertz CT molecular complexity index is 1310. The summed E-state index contributed by atoms with van der Waals surface area (Å²) < 4.78 is 54.4. The van der Waals surface area contributed by atoms with Gasteiger partial charge in [-0.1, -0.05) is 36.4 Å². The fourth-order valence-corrected chi connectivity index (χ4v) is 7.12. The smallest absolute Gasteiger partial charge is 0.250 e. The van der Waals surface area contributed by atoms with Crippen molar-refractivity contribution in [2.75, 3.05) is 32.7 Å². The third kappa shape index (κ3) is 4.86. The van der Waals surface area contributed by atoms with Crippen molar-refractivity contribution >= 4 is 48.1 Å². The van der Waals surface area contributed by atoms with Crippen LogP contribution < -0.4 is 4.72 Å². The minimum Gasteiger partial charge on any atom is -0.340 e. The van der Waals surface area contributed by atoms with E-state index in [-0.39, 0.29) is 54.2 Å². The van der Waals surface area contributed by atoms with Crippen molar-refractivity contribution in [1.29, 1.82) is 0 Å². The number of hydrogen-bond donors (Lipinski definition) is 1. The molecule has 0 unspecified atom stereocenters. The first-order chi connectivity index (χ1) is 15.3. The molecule has 0 saturated carbocycles. The second-order valence-electron chi connectivity index (χ2n) is 7.37. The molecule has 11 heteroatoms. The van der Waals surface area contributed by atoms with Crippen molar-refractivity contribution in [3.63, 3.8) is 0 Å². The van der Waals surface area contributed by atoms with E-state index in [0.29, 0.717) is 0 Å². The summed E-state index contributed by atoms with van der Waals surface area (Å²) in [4.78, 5) is 14.3. The molecule has 1 amide bonds. The minimum atomic E-state index is -3.66. The van der Waals surface area contributed by atoms with Gasteiger partial charge in [0.1, 0.15) is 4.21 Å². The van der Waals surface area contributed by atoms with E-state index >= 15 is 0 Å². The normalized spacial score (nSPS) is 15.8. The van der Waals surface area contributed by atoms with E-state index < -0.39 is 20.0 Å². The highest BCUT2D eigenvalue weighted by Crippen LogP contribution is 2.23. The minimum absolute atomic E-state index is 0.00529. The van der Waals surface area contributed by atoms with E-state index in [1.165, 1.54) is 10.4 Å². The Kier molecular flexibility index (Phi) is 6.63. The van der Waals surface area contributed by atoms with Crippen LogP contribution in [0.3, 0.4) is 0 Å². The van der Waals surface area contributed by atoms with Crippen molar-refractivity contribution in [3.8, 4) is 0 Å². The number of carbonyl (C=O) groups is 1. The summed E-state index contributed by atoms with van der Waals surface area (Å²) >= 11 is 1.11. The van der Waals surface area contributed by atoms with Gasteiger partial charge in [-0.15, -0.1) is 11.3 Å². The Balaban J connectivity index is 1.32. The van der Waals surface area contributed by atoms with Gasteiger partial charge in [0.15, 0.2) is 0 Å². The van der Waals surface area contributed by atoms with Gasteiger partial charge in [0.05, 0.1) is 4.90 Å². The molecule has 0 aliphatic carbocycles. The lowest BCUT2D eigenvalue weighted by molar-refractivity contribution is -0.132. The number of benzene rings is 2. The molecular weight excluding hydrogens is 470 g/mol. The van der Waals surface area contributed by atoms with Gasteiger partial charge in [-0.2, -0.15) is 4.31 Å². The molecule has 1 fully saturated rings. The standard InChI is InChI=1S/C21H23N3O5S3/c25-20(9-10-22-31(26,27)21-6-3-15-30-21)23-11-13-24(14-12-23)32(28,29)19-8-7-17-4-1-2-5-18(17)16-19/h1-8,15-16,22H,9-14H2. The summed E-state index contributed by atoms with van der Waals surface area (Å²) in [5, 5.41) is 3.49. The molecule has 1 saturated heterocycles. The van der Waals surface area contributed by atoms with Gasteiger partial charge in [0.25, 0.3) is 0 Å². The number of thiophene rings is 1. The highest BCUT2D eigenvalue weighted by molar-refractivity contribution is 7.91. The van der Waals surface area contributed by atoms with E-state index in [4.69, 9.17) is 0 Å². The van der Waals surface area contributed by atoms with Crippen molar-refractivity contribution in [3.05, 3.63) is 60.0 Å². The van der Waals surface area contributed by atoms with E-state index in [0.717, 1.165) is 22.1 Å². The van der Waals surface area contributed by atoms with E-state index in [9.17, 15) is 21.6 Å². The molecule has 0 radical (unpaired) electrons. The second-order valence-corrected chi connectivity index (χ2v) is 12.3. The zero-order valence-corrected chi connectivity index (χ0v) is 19.6. The zero-order chi connectivity index (χ0) is 22.8. The molecule has 8 nitrogen and oxygen atoms in total. The monoisotopic (exact) mass is 493 g/mol. The molecule has 1 aliphatic rings. The maximum absolute atomic E-state index is 13.0. The lowest BCUT2D eigenvalue weighted by atomic mass is 10.1. The Morgan fingerprint density at radius 2 is 1.62 bits per heavy atom.